The molecule has 0 aliphatic carbocycles. The molecule has 0 saturated heterocycles. The maximum atomic E-state index is 4.55. The summed E-state index contributed by atoms with van der Waals surface area (Å²) in [4.78, 5) is 6.64. The fourth-order valence-corrected chi connectivity index (χ4v) is 2.30. The van der Waals surface area contributed by atoms with Crippen LogP contribution in [0.1, 0.15) is 20.3 Å². The number of thioether (sulfide) groups is 1. The minimum atomic E-state index is 0.502. The van der Waals surface area contributed by atoms with Gasteiger partial charge in [-0.15, -0.1) is 0 Å². The quantitative estimate of drug-likeness (QED) is 0.599. The fraction of sp³-hybridized carbons (Fsp3) is 0.875. The van der Waals surface area contributed by atoms with E-state index in [9.17, 15) is 0 Å². The van der Waals surface area contributed by atoms with Gasteiger partial charge in [-0.2, -0.15) is 0 Å². The lowest BCUT2D eigenvalue weighted by Gasteiger charge is -2.11. The maximum absolute atomic E-state index is 4.55. The molecule has 0 aromatic heterocycles. The smallest absolute Gasteiger partial charge is 0.159 e. The average Bonchev–Trinajstić information content (AvgIpc) is 2.31. The van der Waals surface area contributed by atoms with E-state index in [-0.39, 0.29) is 0 Å². The number of hydrogen-bond donors (Lipinski definition) is 0. The Labute approximate surface area is 73.1 Å². The van der Waals surface area contributed by atoms with Crippen molar-refractivity contribution in [2.75, 3.05) is 14.1 Å². The van der Waals surface area contributed by atoms with Crippen LogP contribution in [0.2, 0.25) is 0 Å². The lowest BCUT2D eigenvalue weighted by atomic mass is 10.2. The molecule has 1 rings (SSSR count). The van der Waals surface area contributed by atoms with Gasteiger partial charge < -0.3 is 4.90 Å². The van der Waals surface area contributed by atoms with Crippen molar-refractivity contribution in [2.24, 2.45) is 4.99 Å². The number of hydrogen-bond acceptors (Lipinski definition) is 3. The summed E-state index contributed by atoms with van der Waals surface area (Å²) < 4.78 is 0. The molecule has 11 heavy (non-hydrogen) atoms. The van der Waals surface area contributed by atoms with Crippen molar-refractivity contribution in [3.63, 3.8) is 0 Å². The molecule has 2 atom stereocenters. The summed E-state index contributed by atoms with van der Waals surface area (Å²) in [7, 11) is 4.10. The second-order valence-corrected chi connectivity index (χ2v) is 4.32. The topological polar surface area (TPSA) is 15.6 Å². The van der Waals surface area contributed by atoms with Gasteiger partial charge in [-0.25, -0.2) is 0 Å². The average molecular weight is 172 g/mol. The Morgan fingerprint density at radius 1 is 1.55 bits per heavy atom. The zero-order valence-electron chi connectivity index (χ0n) is 7.66. The Morgan fingerprint density at radius 3 is 2.45 bits per heavy atom. The van der Waals surface area contributed by atoms with Gasteiger partial charge in [0.15, 0.2) is 5.17 Å². The fourth-order valence-electron chi connectivity index (χ4n) is 1.17. The molecule has 0 radical (unpaired) electrons. The molecule has 0 aromatic rings. The largest absolute Gasteiger partial charge is 0.358 e. The van der Waals surface area contributed by atoms with Crippen molar-refractivity contribution in [1.82, 2.24) is 4.90 Å². The summed E-state index contributed by atoms with van der Waals surface area (Å²) in [5.74, 6) is 0. The second kappa shape index (κ2) is 3.48. The predicted molar refractivity (Wildman–Crippen MR) is 52.3 cm³/mol. The first kappa shape index (κ1) is 8.91. The van der Waals surface area contributed by atoms with Crippen molar-refractivity contribution < 1.29 is 0 Å². The van der Waals surface area contributed by atoms with Crippen LogP contribution >= 0.6 is 11.8 Å². The molecule has 0 bridgehead atoms. The third-order valence-electron chi connectivity index (χ3n) is 1.89. The van der Waals surface area contributed by atoms with Crippen LogP contribution in [0.3, 0.4) is 0 Å². The van der Waals surface area contributed by atoms with E-state index < -0.39 is 0 Å². The van der Waals surface area contributed by atoms with Gasteiger partial charge in [0.2, 0.25) is 0 Å². The van der Waals surface area contributed by atoms with Gasteiger partial charge in [0.1, 0.15) is 0 Å². The van der Waals surface area contributed by atoms with Crippen LogP contribution in [0.4, 0.5) is 0 Å². The normalized spacial score (nSPS) is 30.4. The highest BCUT2D eigenvalue weighted by Crippen LogP contribution is 2.29. The van der Waals surface area contributed by atoms with Gasteiger partial charge in [0, 0.05) is 19.3 Å². The van der Waals surface area contributed by atoms with Crippen LogP contribution in [0, 0.1) is 0 Å². The third-order valence-corrected chi connectivity index (χ3v) is 3.61. The summed E-state index contributed by atoms with van der Waals surface area (Å²) in [5, 5.41) is 1.89. The van der Waals surface area contributed by atoms with E-state index in [4.69, 9.17) is 0 Å². The summed E-state index contributed by atoms with van der Waals surface area (Å²) in [6.07, 6.45) is 1.21. The molecular weight excluding hydrogens is 156 g/mol. The van der Waals surface area contributed by atoms with E-state index in [0.29, 0.717) is 11.3 Å². The van der Waals surface area contributed by atoms with Crippen molar-refractivity contribution in [3.8, 4) is 0 Å². The van der Waals surface area contributed by atoms with Crippen LogP contribution in [-0.4, -0.2) is 35.5 Å². The summed E-state index contributed by atoms with van der Waals surface area (Å²) in [6.45, 7) is 4.42. The Bertz CT molecular complexity index is 165. The molecular formula is C8H16N2S. The highest BCUT2D eigenvalue weighted by molar-refractivity contribution is 8.14. The third kappa shape index (κ3) is 1.89. The molecule has 64 valence electrons. The molecule has 0 aromatic carbocycles. The molecule has 0 spiro atoms. The number of aliphatic imine (C=N–C) groups is 1. The summed E-state index contributed by atoms with van der Waals surface area (Å²) >= 11 is 1.90. The summed E-state index contributed by atoms with van der Waals surface area (Å²) in [6, 6.07) is 0.502. The molecule has 1 heterocycles. The number of nitrogens with zero attached hydrogens (tertiary/aromatic N) is 2. The molecule has 0 amide bonds. The molecule has 0 saturated carbocycles. The molecule has 0 fully saturated rings. The first-order valence-corrected chi connectivity index (χ1v) is 4.95. The van der Waals surface area contributed by atoms with E-state index in [2.05, 4.69) is 37.8 Å². The standard InChI is InChI=1S/C8H16N2S/c1-5-7-6(2)9-8(11-7)10(3)4/h6-7H,5H2,1-4H3. The Hall–Kier alpha value is -0.180. The van der Waals surface area contributed by atoms with Crippen LogP contribution in [0.5, 0.6) is 0 Å². The SMILES string of the molecule is CCC1SC(N(C)C)=NC1C. The van der Waals surface area contributed by atoms with Crippen molar-refractivity contribution >= 4 is 16.9 Å². The van der Waals surface area contributed by atoms with Crippen molar-refractivity contribution in [1.29, 1.82) is 0 Å². The van der Waals surface area contributed by atoms with E-state index in [1.165, 1.54) is 11.6 Å². The van der Waals surface area contributed by atoms with E-state index in [1.807, 2.05) is 11.8 Å². The molecule has 2 unspecified atom stereocenters. The Morgan fingerprint density at radius 2 is 2.18 bits per heavy atom. The minimum Gasteiger partial charge on any atom is -0.358 e. The summed E-state index contributed by atoms with van der Waals surface area (Å²) in [5.41, 5.74) is 0. The van der Waals surface area contributed by atoms with Gasteiger partial charge in [-0.05, 0) is 13.3 Å². The zero-order valence-corrected chi connectivity index (χ0v) is 8.48. The molecule has 1 aliphatic heterocycles. The minimum absolute atomic E-state index is 0.502. The van der Waals surface area contributed by atoms with Gasteiger partial charge in [-0.1, -0.05) is 18.7 Å². The molecule has 1 aliphatic rings. The molecule has 0 N–H and O–H groups in total. The first-order valence-electron chi connectivity index (χ1n) is 4.07. The number of amidine groups is 1. The lowest BCUT2D eigenvalue weighted by molar-refractivity contribution is 0.622. The van der Waals surface area contributed by atoms with Gasteiger partial charge in [0.05, 0.1) is 6.04 Å². The second-order valence-electron chi connectivity index (χ2n) is 3.11. The van der Waals surface area contributed by atoms with E-state index in [0.717, 1.165) is 0 Å². The van der Waals surface area contributed by atoms with Crippen LogP contribution in [-0.2, 0) is 0 Å². The van der Waals surface area contributed by atoms with Crippen LogP contribution in [0.15, 0.2) is 4.99 Å². The molecule has 3 heteroatoms. The maximum Gasteiger partial charge on any atom is 0.159 e. The zero-order chi connectivity index (χ0) is 8.43. The van der Waals surface area contributed by atoms with Gasteiger partial charge in [0.25, 0.3) is 0 Å². The highest BCUT2D eigenvalue weighted by atomic mass is 32.2. The van der Waals surface area contributed by atoms with Gasteiger partial charge in [-0.3, -0.25) is 4.99 Å². The molecule has 2 nitrogen and oxygen atoms in total. The van der Waals surface area contributed by atoms with Gasteiger partial charge >= 0.3 is 0 Å². The van der Waals surface area contributed by atoms with Crippen molar-refractivity contribution in [3.05, 3.63) is 0 Å². The van der Waals surface area contributed by atoms with Crippen LogP contribution in [0.25, 0.3) is 0 Å². The monoisotopic (exact) mass is 172 g/mol. The highest BCUT2D eigenvalue weighted by Gasteiger charge is 2.25. The van der Waals surface area contributed by atoms with E-state index >= 15 is 0 Å². The van der Waals surface area contributed by atoms with Crippen LogP contribution < -0.4 is 0 Å². The Balaban J connectivity index is 2.56. The van der Waals surface area contributed by atoms with E-state index in [1.54, 1.807) is 0 Å². The first-order chi connectivity index (χ1) is 5.15. The Kier molecular flexibility index (Phi) is 2.82. The predicted octanol–water partition coefficient (Wildman–Crippen LogP) is 1.82. The number of rotatable bonds is 1. The lowest BCUT2D eigenvalue weighted by Crippen LogP contribution is -2.17. The van der Waals surface area contributed by atoms with Crippen molar-refractivity contribution in [2.45, 2.75) is 31.6 Å².